The highest BCUT2D eigenvalue weighted by Crippen LogP contribution is 2.26. The Bertz CT molecular complexity index is 580. The first-order valence-electron chi connectivity index (χ1n) is 6.80. The molecule has 3 rings (SSSR count). The number of rotatable bonds is 2. The molecule has 3 amide bonds. The summed E-state index contributed by atoms with van der Waals surface area (Å²) in [5.41, 5.74) is -0.668. The minimum atomic E-state index is -0.915. The van der Waals surface area contributed by atoms with Gasteiger partial charge in [0.2, 0.25) is 0 Å². The molecule has 1 aromatic carbocycles. The molecule has 1 spiro atoms. The van der Waals surface area contributed by atoms with Gasteiger partial charge in [-0.1, -0.05) is 0 Å². The minimum Gasteiger partial charge on any atom is -0.322 e. The van der Waals surface area contributed by atoms with Crippen molar-refractivity contribution in [1.82, 2.24) is 15.5 Å². The topological polar surface area (TPSA) is 61.4 Å². The summed E-state index contributed by atoms with van der Waals surface area (Å²) >= 11 is 0. The molecule has 7 heteroatoms. The predicted molar refractivity (Wildman–Crippen MR) is 70.3 cm³/mol. The average Bonchev–Trinajstić information content (AvgIpc) is 2.63. The highest BCUT2D eigenvalue weighted by Gasteiger charge is 2.51. The second-order valence-corrected chi connectivity index (χ2v) is 5.46. The highest BCUT2D eigenvalue weighted by molar-refractivity contribution is 6.07. The maximum Gasteiger partial charge on any atom is 0.325 e. The van der Waals surface area contributed by atoms with E-state index in [-0.39, 0.29) is 18.0 Å². The second-order valence-electron chi connectivity index (χ2n) is 5.46. The fourth-order valence-corrected chi connectivity index (χ4v) is 2.90. The summed E-state index contributed by atoms with van der Waals surface area (Å²) in [5, 5.41) is 5.79. The van der Waals surface area contributed by atoms with Crippen LogP contribution < -0.4 is 10.6 Å². The number of benzene rings is 1. The molecule has 0 saturated carbocycles. The lowest BCUT2D eigenvalue weighted by atomic mass is 9.90. The molecular weight excluding hydrogens is 280 g/mol. The van der Waals surface area contributed by atoms with E-state index in [1.807, 2.05) is 0 Å². The van der Waals surface area contributed by atoms with Crippen LogP contribution in [0.5, 0.6) is 0 Å². The number of carbonyl (C=O) groups is 2. The van der Waals surface area contributed by atoms with Crippen molar-refractivity contribution in [2.75, 3.05) is 13.1 Å². The summed E-state index contributed by atoms with van der Waals surface area (Å²) in [6.45, 7) is 1.05. The van der Waals surface area contributed by atoms with Crippen molar-refractivity contribution in [3.8, 4) is 0 Å². The molecule has 2 N–H and O–H groups in total. The molecule has 2 saturated heterocycles. The number of piperidine rings is 1. The molecule has 21 heavy (non-hydrogen) atoms. The van der Waals surface area contributed by atoms with Crippen LogP contribution in [0.15, 0.2) is 18.2 Å². The Balaban J connectivity index is 1.82. The molecule has 2 heterocycles. The maximum atomic E-state index is 13.2. The van der Waals surface area contributed by atoms with Gasteiger partial charge in [0.05, 0.1) is 6.54 Å². The van der Waals surface area contributed by atoms with Crippen molar-refractivity contribution >= 4 is 11.9 Å². The van der Waals surface area contributed by atoms with Crippen LogP contribution in [0.4, 0.5) is 13.6 Å². The van der Waals surface area contributed by atoms with Crippen LogP contribution in [-0.4, -0.2) is 35.5 Å². The molecule has 0 aliphatic carbocycles. The van der Waals surface area contributed by atoms with E-state index >= 15 is 0 Å². The average molecular weight is 295 g/mol. The normalized spacial score (nSPS) is 25.5. The maximum absolute atomic E-state index is 13.2. The minimum absolute atomic E-state index is 0.138. The number of hydrogen-bond acceptors (Lipinski definition) is 3. The van der Waals surface area contributed by atoms with Crippen LogP contribution in [0.2, 0.25) is 0 Å². The van der Waals surface area contributed by atoms with Gasteiger partial charge >= 0.3 is 6.03 Å². The third-order valence-corrected chi connectivity index (χ3v) is 3.89. The number of carbonyl (C=O) groups excluding carboxylic acids is 2. The van der Waals surface area contributed by atoms with Crippen LogP contribution in [-0.2, 0) is 11.3 Å². The molecule has 0 radical (unpaired) electrons. The van der Waals surface area contributed by atoms with Crippen LogP contribution >= 0.6 is 0 Å². The zero-order valence-electron chi connectivity index (χ0n) is 11.3. The lowest BCUT2D eigenvalue weighted by Crippen LogP contribution is -2.57. The summed E-state index contributed by atoms with van der Waals surface area (Å²) in [6, 6.07) is 2.47. The number of urea groups is 1. The van der Waals surface area contributed by atoms with E-state index in [0.29, 0.717) is 13.0 Å². The van der Waals surface area contributed by atoms with Crippen molar-refractivity contribution in [2.45, 2.75) is 24.9 Å². The smallest absolute Gasteiger partial charge is 0.322 e. The van der Waals surface area contributed by atoms with E-state index in [9.17, 15) is 18.4 Å². The van der Waals surface area contributed by atoms with Crippen molar-refractivity contribution in [3.05, 3.63) is 35.4 Å². The number of hydrogen-bond donors (Lipinski definition) is 2. The molecule has 2 aliphatic rings. The van der Waals surface area contributed by atoms with Crippen LogP contribution in [0.3, 0.4) is 0 Å². The number of amides is 3. The molecular formula is C14H15F2N3O2. The van der Waals surface area contributed by atoms with Crippen LogP contribution in [0.1, 0.15) is 18.4 Å². The Morgan fingerprint density at radius 3 is 2.52 bits per heavy atom. The first kappa shape index (κ1) is 13.9. The van der Waals surface area contributed by atoms with Crippen LogP contribution in [0, 0.1) is 11.6 Å². The first-order chi connectivity index (χ1) is 10.00. The predicted octanol–water partition coefficient (Wildman–Crippen LogP) is 1.14. The first-order valence-corrected chi connectivity index (χ1v) is 6.80. The second kappa shape index (κ2) is 5.07. The molecule has 5 nitrogen and oxygen atoms in total. The molecule has 0 aromatic heterocycles. The Hall–Kier alpha value is -2.02. The standard InChI is InChI=1S/C14H15F2N3O2/c15-10-4-9(5-11(16)6-10)7-19-12(20)14(18-13(19)21)2-1-3-17-8-14/h4-6,17H,1-3,7-8H2,(H,18,21). The van der Waals surface area contributed by atoms with Crippen molar-refractivity contribution in [1.29, 1.82) is 0 Å². The van der Waals surface area contributed by atoms with E-state index in [0.717, 1.165) is 36.1 Å². The summed E-state index contributed by atoms with van der Waals surface area (Å²) in [4.78, 5) is 25.5. The van der Waals surface area contributed by atoms with E-state index < -0.39 is 23.2 Å². The van der Waals surface area contributed by atoms with Crippen molar-refractivity contribution in [2.24, 2.45) is 0 Å². The molecule has 2 aliphatic heterocycles. The molecule has 1 atom stereocenters. The quantitative estimate of drug-likeness (QED) is 0.804. The van der Waals surface area contributed by atoms with Gasteiger partial charge in [0, 0.05) is 12.6 Å². The van der Waals surface area contributed by atoms with Gasteiger partial charge < -0.3 is 10.6 Å². The fourth-order valence-electron chi connectivity index (χ4n) is 2.90. The Morgan fingerprint density at radius 2 is 1.90 bits per heavy atom. The Kier molecular flexibility index (Phi) is 3.36. The molecule has 112 valence electrons. The van der Waals surface area contributed by atoms with Gasteiger partial charge in [-0.15, -0.1) is 0 Å². The summed E-state index contributed by atoms with van der Waals surface area (Å²) in [6.07, 6.45) is 1.35. The largest absolute Gasteiger partial charge is 0.325 e. The zero-order valence-corrected chi connectivity index (χ0v) is 11.3. The van der Waals surface area contributed by atoms with E-state index in [1.54, 1.807) is 0 Å². The van der Waals surface area contributed by atoms with Gasteiger partial charge in [0.15, 0.2) is 0 Å². The summed E-state index contributed by atoms with van der Waals surface area (Å²) in [5.74, 6) is -1.80. The lowest BCUT2D eigenvalue weighted by molar-refractivity contribution is -0.132. The van der Waals surface area contributed by atoms with Gasteiger partial charge in [-0.3, -0.25) is 9.69 Å². The number of imide groups is 1. The molecule has 1 unspecified atom stereocenters. The number of nitrogens with zero attached hydrogens (tertiary/aromatic N) is 1. The Labute approximate surface area is 120 Å². The summed E-state index contributed by atoms with van der Waals surface area (Å²) < 4.78 is 26.4. The lowest BCUT2D eigenvalue weighted by Gasteiger charge is -2.31. The SMILES string of the molecule is O=C1NC2(CCCNC2)C(=O)N1Cc1cc(F)cc(F)c1. The number of halogens is 2. The Morgan fingerprint density at radius 1 is 1.19 bits per heavy atom. The van der Waals surface area contributed by atoms with E-state index in [4.69, 9.17) is 0 Å². The highest BCUT2D eigenvalue weighted by atomic mass is 19.1. The van der Waals surface area contributed by atoms with E-state index in [1.165, 1.54) is 0 Å². The van der Waals surface area contributed by atoms with Crippen LogP contribution in [0.25, 0.3) is 0 Å². The van der Waals surface area contributed by atoms with E-state index in [2.05, 4.69) is 10.6 Å². The monoisotopic (exact) mass is 295 g/mol. The van der Waals surface area contributed by atoms with Crippen molar-refractivity contribution < 1.29 is 18.4 Å². The third-order valence-electron chi connectivity index (χ3n) is 3.89. The van der Waals surface area contributed by atoms with Gasteiger partial charge in [-0.05, 0) is 37.1 Å². The fraction of sp³-hybridized carbons (Fsp3) is 0.429. The molecule has 1 aromatic rings. The third kappa shape index (κ3) is 2.49. The molecule has 2 fully saturated rings. The number of nitrogens with one attached hydrogen (secondary N) is 2. The van der Waals surface area contributed by atoms with Gasteiger partial charge in [0.25, 0.3) is 5.91 Å². The summed E-state index contributed by atoms with van der Waals surface area (Å²) in [7, 11) is 0. The molecule has 0 bridgehead atoms. The van der Waals surface area contributed by atoms with Gasteiger partial charge in [-0.2, -0.15) is 0 Å². The van der Waals surface area contributed by atoms with Gasteiger partial charge in [0.1, 0.15) is 17.2 Å². The van der Waals surface area contributed by atoms with Crippen molar-refractivity contribution in [3.63, 3.8) is 0 Å². The van der Waals surface area contributed by atoms with Gasteiger partial charge in [-0.25, -0.2) is 13.6 Å². The zero-order chi connectivity index (χ0) is 15.0.